The first-order chi connectivity index (χ1) is 10.7. The van der Waals surface area contributed by atoms with Crippen LogP contribution in [0.1, 0.15) is 12.8 Å². The molecule has 2 aromatic rings. The zero-order valence-electron chi connectivity index (χ0n) is 12.4. The summed E-state index contributed by atoms with van der Waals surface area (Å²) in [6.07, 6.45) is 2.10. The van der Waals surface area contributed by atoms with Crippen LogP contribution in [0.4, 0.5) is 5.69 Å². The van der Waals surface area contributed by atoms with Gasteiger partial charge >= 0.3 is 0 Å². The van der Waals surface area contributed by atoms with Gasteiger partial charge in [-0.2, -0.15) is 0 Å². The van der Waals surface area contributed by atoms with E-state index in [1.807, 2.05) is 24.3 Å². The summed E-state index contributed by atoms with van der Waals surface area (Å²) in [6, 6.07) is 18.9. The SMILES string of the molecule is O=S(=O)(NCC1CCCN1c1ccccc1)c1ccccc1. The number of anilines is 1. The maximum Gasteiger partial charge on any atom is 0.240 e. The first-order valence-corrected chi connectivity index (χ1v) is 9.01. The molecule has 1 atom stereocenters. The van der Waals surface area contributed by atoms with E-state index in [-0.39, 0.29) is 6.04 Å². The Hall–Kier alpha value is -1.85. The summed E-state index contributed by atoms with van der Waals surface area (Å²) in [6.45, 7) is 1.41. The Morgan fingerprint density at radius 2 is 1.64 bits per heavy atom. The molecule has 0 bridgehead atoms. The molecule has 2 aromatic carbocycles. The zero-order chi connectivity index (χ0) is 15.4. The molecule has 1 aliphatic heterocycles. The zero-order valence-corrected chi connectivity index (χ0v) is 13.2. The lowest BCUT2D eigenvalue weighted by Crippen LogP contribution is -2.40. The van der Waals surface area contributed by atoms with Gasteiger partial charge in [0.25, 0.3) is 0 Å². The molecule has 3 rings (SSSR count). The van der Waals surface area contributed by atoms with Gasteiger partial charge in [0, 0.05) is 24.8 Å². The van der Waals surface area contributed by atoms with E-state index in [1.54, 1.807) is 24.3 Å². The molecule has 1 heterocycles. The minimum atomic E-state index is -3.43. The quantitative estimate of drug-likeness (QED) is 0.922. The minimum absolute atomic E-state index is 0.209. The summed E-state index contributed by atoms with van der Waals surface area (Å²) < 4.78 is 27.4. The molecule has 1 saturated heterocycles. The summed E-state index contributed by atoms with van der Waals surface area (Å²) in [5.74, 6) is 0. The molecule has 116 valence electrons. The van der Waals surface area contributed by atoms with E-state index < -0.39 is 10.0 Å². The molecule has 5 heteroatoms. The van der Waals surface area contributed by atoms with Crippen molar-refractivity contribution in [3.63, 3.8) is 0 Å². The third-order valence-corrected chi connectivity index (χ3v) is 5.47. The third-order valence-electron chi connectivity index (χ3n) is 4.03. The molecule has 0 amide bonds. The number of sulfonamides is 1. The Balaban J connectivity index is 1.68. The number of nitrogens with zero attached hydrogens (tertiary/aromatic N) is 1. The van der Waals surface area contributed by atoms with Crippen LogP contribution in [0.25, 0.3) is 0 Å². The van der Waals surface area contributed by atoms with Crippen LogP contribution in [0.2, 0.25) is 0 Å². The van der Waals surface area contributed by atoms with Gasteiger partial charge in [0.2, 0.25) is 10.0 Å². The van der Waals surface area contributed by atoms with Gasteiger partial charge in [-0.15, -0.1) is 0 Å². The molecular formula is C17H20N2O2S. The van der Waals surface area contributed by atoms with Crippen molar-refractivity contribution in [2.45, 2.75) is 23.8 Å². The average molecular weight is 316 g/mol. The van der Waals surface area contributed by atoms with E-state index in [1.165, 1.54) is 0 Å². The summed E-state index contributed by atoms with van der Waals surface area (Å²) in [7, 11) is -3.43. The Morgan fingerprint density at radius 3 is 2.32 bits per heavy atom. The van der Waals surface area contributed by atoms with Gasteiger partial charge in [-0.25, -0.2) is 13.1 Å². The Labute approximate surface area is 131 Å². The molecule has 0 spiro atoms. The molecule has 0 aromatic heterocycles. The summed E-state index contributed by atoms with van der Waals surface area (Å²) in [5.41, 5.74) is 1.16. The maximum absolute atomic E-state index is 12.3. The molecule has 1 fully saturated rings. The fraction of sp³-hybridized carbons (Fsp3) is 0.294. The first-order valence-electron chi connectivity index (χ1n) is 7.53. The van der Waals surface area contributed by atoms with Crippen molar-refractivity contribution in [1.82, 2.24) is 4.72 Å². The molecule has 0 aliphatic carbocycles. The second-order valence-electron chi connectivity index (χ2n) is 5.49. The predicted octanol–water partition coefficient (Wildman–Crippen LogP) is 2.63. The highest BCUT2D eigenvalue weighted by Crippen LogP contribution is 2.25. The molecule has 0 saturated carbocycles. The number of nitrogens with one attached hydrogen (secondary N) is 1. The van der Waals surface area contributed by atoms with Gasteiger partial charge in [0.1, 0.15) is 0 Å². The summed E-state index contributed by atoms with van der Waals surface area (Å²) in [4.78, 5) is 2.60. The van der Waals surface area contributed by atoms with Crippen LogP contribution < -0.4 is 9.62 Å². The normalized spacial score (nSPS) is 18.5. The van der Waals surface area contributed by atoms with Gasteiger partial charge in [-0.05, 0) is 37.1 Å². The van der Waals surface area contributed by atoms with Crippen LogP contribution in [0.3, 0.4) is 0 Å². The monoisotopic (exact) mass is 316 g/mol. The standard InChI is InChI=1S/C17H20N2O2S/c20-22(21,17-11-5-2-6-12-17)18-14-16-10-7-13-19(16)15-8-3-1-4-9-15/h1-6,8-9,11-12,16,18H,7,10,13-14H2. The van der Waals surface area contributed by atoms with Crippen LogP contribution in [-0.4, -0.2) is 27.5 Å². The lowest BCUT2D eigenvalue weighted by atomic mass is 10.2. The Kier molecular flexibility index (Phi) is 4.45. The Bertz CT molecular complexity index is 702. The average Bonchev–Trinajstić information content (AvgIpc) is 3.03. The number of benzene rings is 2. The summed E-state index contributed by atoms with van der Waals surface area (Å²) in [5, 5.41) is 0. The number of hydrogen-bond acceptors (Lipinski definition) is 3. The molecular weight excluding hydrogens is 296 g/mol. The van der Waals surface area contributed by atoms with Gasteiger partial charge in [-0.3, -0.25) is 0 Å². The van der Waals surface area contributed by atoms with Gasteiger partial charge < -0.3 is 4.90 Å². The second-order valence-corrected chi connectivity index (χ2v) is 7.26. The summed E-state index contributed by atoms with van der Waals surface area (Å²) >= 11 is 0. The number of para-hydroxylation sites is 1. The lowest BCUT2D eigenvalue weighted by molar-refractivity contribution is 0.567. The number of rotatable bonds is 5. The fourth-order valence-corrected chi connectivity index (χ4v) is 3.99. The first kappa shape index (κ1) is 15.1. The highest BCUT2D eigenvalue weighted by atomic mass is 32.2. The van der Waals surface area contributed by atoms with E-state index in [0.717, 1.165) is 25.1 Å². The third kappa shape index (κ3) is 3.31. The number of hydrogen-bond donors (Lipinski definition) is 1. The van der Waals surface area contributed by atoms with Crippen LogP contribution in [0.15, 0.2) is 65.6 Å². The van der Waals surface area contributed by atoms with Crippen molar-refractivity contribution < 1.29 is 8.42 Å². The molecule has 0 radical (unpaired) electrons. The molecule has 22 heavy (non-hydrogen) atoms. The van der Waals surface area contributed by atoms with E-state index in [2.05, 4.69) is 21.8 Å². The highest BCUT2D eigenvalue weighted by molar-refractivity contribution is 7.89. The van der Waals surface area contributed by atoms with Crippen LogP contribution in [0, 0.1) is 0 Å². The van der Waals surface area contributed by atoms with Crippen LogP contribution in [0.5, 0.6) is 0 Å². The van der Waals surface area contributed by atoms with Crippen LogP contribution in [-0.2, 0) is 10.0 Å². The van der Waals surface area contributed by atoms with Gasteiger partial charge in [0.05, 0.1) is 4.90 Å². The van der Waals surface area contributed by atoms with Crippen LogP contribution >= 0.6 is 0 Å². The second kappa shape index (κ2) is 6.50. The van der Waals surface area contributed by atoms with Gasteiger partial charge in [-0.1, -0.05) is 36.4 Å². The smallest absolute Gasteiger partial charge is 0.240 e. The van der Waals surface area contributed by atoms with Crippen molar-refractivity contribution in [3.05, 3.63) is 60.7 Å². The predicted molar refractivity (Wildman–Crippen MR) is 88.4 cm³/mol. The fourth-order valence-electron chi connectivity index (χ4n) is 2.90. The largest absolute Gasteiger partial charge is 0.367 e. The molecule has 4 nitrogen and oxygen atoms in total. The Morgan fingerprint density at radius 1 is 1.00 bits per heavy atom. The maximum atomic E-state index is 12.3. The van der Waals surface area contributed by atoms with E-state index in [0.29, 0.717) is 11.4 Å². The highest BCUT2D eigenvalue weighted by Gasteiger charge is 2.26. The van der Waals surface area contributed by atoms with Crippen molar-refractivity contribution in [1.29, 1.82) is 0 Å². The van der Waals surface area contributed by atoms with E-state index in [9.17, 15) is 8.42 Å². The van der Waals surface area contributed by atoms with Gasteiger partial charge in [0.15, 0.2) is 0 Å². The minimum Gasteiger partial charge on any atom is -0.367 e. The van der Waals surface area contributed by atoms with Crippen molar-refractivity contribution in [2.75, 3.05) is 18.0 Å². The lowest BCUT2D eigenvalue weighted by Gasteiger charge is -2.27. The topological polar surface area (TPSA) is 49.4 Å². The van der Waals surface area contributed by atoms with Crippen molar-refractivity contribution >= 4 is 15.7 Å². The molecule has 1 unspecified atom stereocenters. The van der Waals surface area contributed by atoms with Crippen molar-refractivity contribution in [2.24, 2.45) is 0 Å². The molecule has 1 N–H and O–H groups in total. The van der Waals surface area contributed by atoms with E-state index >= 15 is 0 Å². The van der Waals surface area contributed by atoms with Crippen molar-refractivity contribution in [3.8, 4) is 0 Å². The van der Waals surface area contributed by atoms with E-state index in [4.69, 9.17) is 0 Å². The molecule has 1 aliphatic rings.